The first-order valence-corrected chi connectivity index (χ1v) is 8.18. The molecule has 114 valence electrons. The van der Waals surface area contributed by atoms with Crippen LogP contribution < -0.4 is 5.32 Å². The molecule has 0 amide bonds. The summed E-state index contributed by atoms with van der Waals surface area (Å²) in [4.78, 5) is 11.0. The number of benzene rings is 2. The second kappa shape index (κ2) is 6.23. The zero-order valence-electron chi connectivity index (χ0n) is 12.2. The summed E-state index contributed by atoms with van der Waals surface area (Å²) in [6.07, 6.45) is 3.31. The topological polar surface area (TPSA) is 49.3 Å². The quantitative estimate of drug-likeness (QED) is 0.818. The number of carbonyl (C=O) groups is 1. The normalized spacial score (nSPS) is 15.5. The van der Waals surface area contributed by atoms with Crippen LogP contribution in [0.3, 0.4) is 0 Å². The van der Waals surface area contributed by atoms with Crippen molar-refractivity contribution in [1.29, 1.82) is 0 Å². The molecule has 0 aliphatic heterocycles. The van der Waals surface area contributed by atoms with Gasteiger partial charge in [0.15, 0.2) is 0 Å². The van der Waals surface area contributed by atoms with Gasteiger partial charge in [-0.3, -0.25) is 0 Å². The predicted molar refractivity (Wildman–Crippen MR) is 90.1 cm³/mol. The predicted octanol–water partition coefficient (Wildman–Crippen LogP) is 4.01. The molecule has 0 heterocycles. The molecule has 1 saturated carbocycles. The SMILES string of the molecule is O=C(O)c1cccc(CNC2(Cc3ccccc3Br)CC2)c1. The molecule has 0 bridgehead atoms. The standard InChI is InChI=1S/C18H18BrNO2/c19-16-7-2-1-5-15(16)11-18(8-9-18)20-12-13-4-3-6-14(10-13)17(21)22/h1-7,10,20H,8-9,11-12H2,(H,21,22). The Morgan fingerprint density at radius 1 is 1.18 bits per heavy atom. The molecule has 0 radical (unpaired) electrons. The van der Waals surface area contributed by atoms with Gasteiger partial charge in [0.2, 0.25) is 0 Å². The van der Waals surface area contributed by atoms with Crippen molar-refractivity contribution in [2.45, 2.75) is 31.3 Å². The van der Waals surface area contributed by atoms with Gasteiger partial charge in [0.05, 0.1) is 5.56 Å². The zero-order chi connectivity index (χ0) is 15.6. The molecule has 3 nitrogen and oxygen atoms in total. The lowest BCUT2D eigenvalue weighted by Crippen LogP contribution is -2.33. The maximum Gasteiger partial charge on any atom is 0.335 e. The van der Waals surface area contributed by atoms with Crippen molar-refractivity contribution in [1.82, 2.24) is 5.32 Å². The second-order valence-corrected chi connectivity index (χ2v) is 6.76. The number of carboxylic acids is 1. The average Bonchev–Trinajstić information content (AvgIpc) is 3.28. The van der Waals surface area contributed by atoms with Gasteiger partial charge in [-0.25, -0.2) is 4.79 Å². The minimum absolute atomic E-state index is 0.156. The van der Waals surface area contributed by atoms with Gasteiger partial charge in [-0.05, 0) is 48.6 Å². The van der Waals surface area contributed by atoms with E-state index in [1.54, 1.807) is 18.2 Å². The van der Waals surface area contributed by atoms with E-state index >= 15 is 0 Å². The fourth-order valence-corrected chi connectivity index (χ4v) is 3.10. The Morgan fingerprint density at radius 2 is 1.95 bits per heavy atom. The third-order valence-corrected chi connectivity index (χ3v) is 4.96. The van der Waals surface area contributed by atoms with E-state index in [0.717, 1.165) is 29.3 Å². The zero-order valence-corrected chi connectivity index (χ0v) is 13.8. The van der Waals surface area contributed by atoms with E-state index in [0.29, 0.717) is 12.1 Å². The smallest absolute Gasteiger partial charge is 0.335 e. The monoisotopic (exact) mass is 359 g/mol. The highest BCUT2D eigenvalue weighted by Crippen LogP contribution is 2.40. The summed E-state index contributed by atoms with van der Waals surface area (Å²) in [6.45, 7) is 0.700. The van der Waals surface area contributed by atoms with Crippen LogP contribution in [0.2, 0.25) is 0 Å². The molecule has 0 spiro atoms. The van der Waals surface area contributed by atoms with Gasteiger partial charge in [0, 0.05) is 16.6 Å². The Morgan fingerprint density at radius 3 is 2.64 bits per heavy atom. The van der Waals surface area contributed by atoms with Crippen LogP contribution in [-0.2, 0) is 13.0 Å². The number of nitrogens with one attached hydrogen (secondary N) is 1. The summed E-state index contributed by atoms with van der Waals surface area (Å²) < 4.78 is 1.15. The Kier molecular flexibility index (Phi) is 4.32. The number of halogens is 1. The van der Waals surface area contributed by atoms with Crippen LogP contribution in [0.15, 0.2) is 53.0 Å². The van der Waals surface area contributed by atoms with Crippen molar-refractivity contribution in [2.75, 3.05) is 0 Å². The highest BCUT2D eigenvalue weighted by atomic mass is 79.9. The fourth-order valence-electron chi connectivity index (χ4n) is 2.68. The third-order valence-electron chi connectivity index (χ3n) is 4.18. The molecule has 1 aliphatic rings. The maximum absolute atomic E-state index is 11.0. The van der Waals surface area contributed by atoms with Crippen molar-refractivity contribution >= 4 is 21.9 Å². The first-order valence-electron chi connectivity index (χ1n) is 7.39. The van der Waals surface area contributed by atoms with Crippen molar-refractivity contribution in [3.63, 3.8) is 0 Å². The Labute approximate surface area is 138 Å². The molecule has 0 saturated heterocycles. The van der Waals surface area contributed by atoms with E-state index in [9.17, 15) is 4.79 Å². The largest absolute Gasteiger partial charge is 0.478 e. The highest BCUT2D eigenvalue weighted by molar-refractivity contribution is 9.10. The van der Waals surface area contributed by atoms with Gasteiger partial charge in [0.1, 0.15) is 0 Å². The van der Waals surface area contributed by atoms with Gasteiger partial charge in [-0.15, -0.1) is 0 Å². The van der Waals surface area contributed by atoms with Gasteiger partial charge < -0.3 is 10.4 Å². The van der Waals surface area contributed by atoms with E-state index in [-0.39, 0.29) is 5.54 Å². The summed E-state index contributed by atoms with van der Waals surface area (Å²) in [6, 6.07) is 15.4. The van der Waals surface area contributed by atoms with Crippen molar-refractivity contribution in [2.24, 2.45) is 0 Å². The molecule has 1 aliphatic carbocycles. The van der Waals surface area contributed by atoms with Crippen LogP contribution in [0.5, 0.6) is 0 Å². The summed E-state index contributed by atoms with van der Waals surface area (Å²) >= 11 is 3.61. The van der Waals surface area contributed by atoms with E-state index < -0.39 is 5.97 Å². The Bertz CT molecular complexity index is 695. The molecule has 22 heavy (non-hydrogen) atoms. The van der Waals surface area contributed by atoms with E-state index in [2.05, 4.69) is 39.4 Å². The summed E-state index contributed by atoms with van der Waals surface area (Å²) in [7, 11) is 0. The van der Waals surface area contributed by atoms with E-state index in [1.807, 2.05) is 12.1 Å². The average molecular weight is 360 g/mol. The lowest BCUT2D eigenvalue weighted by molar-refractivity contribution is 0.0696. The second-order valence-electron chi connectivity index (χ2n) is 5.91. The number of aromatic carboxylic acids is 1. The molecule has 2 aromatic rings. The van der Waals surface area contributed by atoms with Crippen molar-refractivity contribution in [3.8, 4) is 0 Å². The minimum Gasteiger partial charge on any atom is -0.478 e. The van der Waals surface area contributed by atoms with E-state index in [1.165, 1.54) is 5.56 Å². The number of rotatable bonds is 6. The fraction of sp³-hybridized carbons (Fsp3) is 0.278. The van der Waals surface area contributed by atoms with Gasteiger partial charge in [-0.2, -0.15) is 0 Å². The molecule has 2 aromatic carbocycles. The van der Waals surface area contributed by atoms with E-state index in [4.69, 9.17) is 5.11 Å². The molecule has 0 atom stereocenters. The lowest BCUT2D eigenvalue weighted by Gasteiger charge is -2.18. The Hall–Kier alpha value is -1.65. The van der Waals surface area contributed by atoms with Gasteiger partial charge in [0.25, 0.3) is 0 Å². The third kappa shape index (κ3) is 3.57. The molecular weight excluding hydrogens is 342 g/mol. The number of carboxylic acid groups (broad SMARTS) is 1. The molecule has 2 N–H and O–H groups in total. The molecule has 1 fully saturated rings. The molecule has 4 heteroatoms. The van der Waals surface area contributed by atoms with Crippen LogP contribution in [-0.4, -0.2) is 16.6 Å². The maximum atomic E-state index is 11.0. The van der Waals surface area contributed by atoms with Crippen LogP contribution in [0, 0.1) is 0 Å². The minimum atomic E-state index is -0.879. The lowest BCUT2D eigenvalue weighted by atomic mass is 10.0. The summed E-state index contributed by atoms with van der Waals surface area (Å²) in [5, 5.41) is 12.7. The molecule has 0 unspecified atom stereocenters. The van der Waals surface area contributed by atoms with Crippen molar-refractivity contribution < 1.29 is 9.90 Å². The van der Waals surface area contributed by atoms with Gasteiger partial charge in [-0.1, -0.05) is 46.3 Å². The summed E-state index contributed by atoms with van der Waals surface area (Å²) in [5.41, 5.74) is 2.82. The molecular formula is C18H18BrNO2. The number of hydrogen-bond donors (Lipinski definition) is 2. The molecule has 3 rings (SSSR count). The number of hydrogen-bond acceptors (Lipinski definition) is 2. The first-order chi connectivity index (χ1) is 10.6. The molecule has 0 aromatic heterocycles. The van der Waals surface area contributed by atoms with Crippen LogP contribution in [0.1, 0.15) is 34.3 Å². The van der Waals surface area contributed by atoms with Crippen molar-refractivity contribution in [3.05, 3.63) is 69.7 Å². The van der Waals surface area contributed by atoms with Crippen LogP contribution in [0.4, 0.5) is 0 Å². The van der Waals surface area contributed by atoms with Crippen LogP contribution >= 0.6 is 15.9 Å². The Balaban J connectivity index is 1.65. The highest BCUT2D eigenvalue weighted by Gasteiger charge is 2.42. The van der Waals surface area contributed by atoms with Crippen LogP contribution in [0.25, 0.3) is 0 Å². The summed E-state index contributed by atoms with van der Waals surface area (Å²) in [5.74, 6) is -0.879. The first kappa shape index (κ1) is 15.3. The van der Waals surface area contributed by atoms with Gasteiger partial charge >= 0.3 is 5.97 Å².